The molecule has 1 aliphatic rings. The number of cyclic esters (lactones) is 2. The van der Waals surface area contributed by atoms with E-state index in [0.717, 1.165) is 6.20 Å². The second-order valence-corrected chi connectivity index (χ2v) is 5.77. The van der Waals surface area contributed by atoms with Gasteiger partial charge in [-0.2, -0.15) is 0 Å². The van der Waals surface area contributed by atoms with Crippen LogP contribution >= 0.6 is 0 Å². The molecule has 0 aliphatic carbocycles. The van der Waals surface area contributed by atoms with E-state index in [0.29, 0.717) is 5.56 Å². The number of nitro benzene ring substituents is 1. The van der Waals surface area contributed by atoms with Crippen molar-refractivity contribution in [1.82, 2.24) is 0 Å². The van der Waals surface area contributed by atoms with Crippen LogP contribution in [-0.2, 0) is 19.1 Å². The Labute approximate surface area is 148 Å². The molecule has 1 aliphatic heterocycles. The molecule has 0 bridgehead atoms. The van der Waals surface area contributed by atoms with E-state index in [-0.39, 0.29) is 28.4 Å². The molecule has 1 N–H and O–H groups in total. The fraction of sp³-hybridized carbons (Fsp3) is 0.375. The van der Waals surface area contributed by atoms with Crippen molar-refractivity contribution in [2.24, 2.45) is 0 Å². The third kappa shape index (κ3) is 3.53. The largest absolute Gasteiger partial charge is 0.494 e. The van der Waals surface area contributed by atoms with Crippen molar-refractivity contribution in [3.05, 3.63) is 33.5 Å². The molecule has 10 nitrogen and oxygen atoms in total. The van der Waals surface area contributed by atoms with Crippen LogP contribution in [0.1, 0.15) is 19.4 Å². The van der Waals surface area contributed by atoms with Gasteiger partial charge in [-0.25, -0.2) is 9.59 Å². The molecule has 0 aromatic heterocycles. The Morgan fingerprint density at radius 1 is 1.15 bits per heavy atom. The number of methoxy groups -OCH3 is 2. The number of nitrogens with zero attached hydrogens (tertiary/aromatic N) is 1. The Hall–Kier alpha value is -3.30. The average molecular weight is 366 g/mol. The molecule has 2 rings (SSSR count). The van der Waals surface area contributed by atoms with Gasteiger partial charge in [-0.1, -0.05) is 0 Å². The minimum atomic E-state index is -1.36. The number of nitrogens with one attached hydrogen (secondary N) is 1. The Kier molecular flexibility index (Phi) is 5.05. The van der Waals surface area contributed by atoms with Crippen LogP contribution in [0, 0.1) is 17.0 Å². The molecule has 0 saturated carbocycles. The number of rotatable bonds is 5. The van der Waals surface area contributed by atoms with Crippen molar-refractivity contribution in [3.63, 3.8) is 0 Å². The lowest BCUT2D eigenvalue weighted by Crippen LogP contribution is -2.42. The van der Waals surface area contributed by atoms with E-state index in [2.05, 4.69) is 5.32 Å². The summed E-state index contributed by atoms with van der Waals surface area (Å²) in [5.74, 6) is -2.82. The fourth-order valence-electron chi connectivity index (χ4n) is 2.46. The first-order valence-electron chi connectivity index (χ1n) is 7.44. The van der Waals surface area contributed by atoms with Crippen LogP contribution in [0.2, 0.25) is 0 Å². The first kappa shape index (κ1) is 19.0. The molecule has 0 spiro atoms. The first-order chi connectivity index (χ1) is 12.1. The topological polar surface area (TPSA) is 126 Å². The number of carbonyl (C=O) groups is 2. The number of esters is 2. The van der Waals surface area contributed by atoms with Gasteiger partial charge < -0.3 is 24.3 Å². The third-order valence-electron chi connectivity index (χ3n) is 3.53. The van der Waals surface area contributed by atoms with E-state index in [1.165, 1.54) is 34.1 Å². The minimum absolute atomic E-state index is 0.0447. The van der Waals surface area contributed by atoms with Crippen LogP contribution in [0.5, 0.6) is 11.5 Å². The Morgan fingerprint density at radius 3 is 2.15 bits per heavy atom. The van der Waals surface area contributed by atoms with Crippen molar-refractivity contribution in [3.8, 4) is 11.5 Å². The smallest absolute Gasteiger partial charge is 0.350 e. The number of anilines is 1. The van der Waals surface area contributed by atoms with Gasteiger partial charge in [0.1, 0.15) is 5.75 Å². The molecular formula is C16H18N2O8. The lowest BCUT2D eigenvalue weighted by atomic mass is 10.1. The highest BCUT2D eigenvalue weighted by atomic mass is 16.7. The summed E-state index contributed by atoms with van der Waals surface area (Å²) >= 11 is 0. The molecule has 1 aromatic rings. The molecule has 0 atom stereocenters. The van der Waals surface area contributed by atoms with E-state index < -0.39 is 22.6 Å². The molecule has 26 heavy (non-hydrogen) atoms. The van der Waals surface area contributed by atoms with Gasteiger partial charge in [-0.15, -0.1) is 0 Å². The highest BCUT2D eigenvalue weighted by molar-refractivity contribution is 6.15. The predicted molar refractivity (Wildman–Crippen MR) is 88.9 cm³/mol. The molecule has 0 unspecified atom stereocenters. The van der Waals surface area contributed by atoms with Crippen molar-refractivity contribution in [2.45, 2.75) is 26.6 Å². The zero-order chi connectivity index (χ0) is 19.6. The van der Waals surface area contributed by atoms with Crippen LogP contribution in [-0.4, -0.2) is 36.9 Å². The summed E-state index contributed by atoms with van der Waals surface area (Å²) < 4.78 is 20.3. The molecule has 10 heteroatoms. The molecule has 1 saturated heterocycles. The highest BCUT2D eigenvalue weighted by Crippen LogP contribution is 2.42. The lowest BCUT2D eigenvalue weighted by Gasteiger charge is -2.29. The average Bonchev–Trinajstić information content (AvgIpc) is 2.52. The van der Waals surface area contributed by atoms with E-state index in [4.69, 9.17) is 18.9 Å². The van der Waals surface area contributed by atoms with Gasteiger partial charge in [0.2, 0.25) is 5.75 Å². The molecule has 1 heterocycles. The normalized spacial score (nSPS) is 15.7. The van der Waals surface area contributed by atoms with Gasteiger partial charge in [-0.3, -0.25) is 10.1 Å². The number of carbonyl (C=O) groups excluding carboxylic acids is 2. The van der Waals surface area contributed by atoms with Gasteiger partial charge in [0.05, 0.1) is 24.8 Å². The fourth-order valence-corrected chi connectivity index (χ4v) is 2.46. The molecule has 1 aromatic carbocycles. The maximum atomic E-state index is 11.9. The molecule has 0 amide bonds. The second-order valence-electron chi connectivity index (χ2n) is 5.77. The number of nitro groups is 1. The number of benzene rings is 1. The third-order valence-corrected chi connectivity index (χ3v) is 3.53. The van der Waals surface area contributed by atoms with Gasteiger partial charge in [0.15, 0.2) is 5.57 Å². The maximum Gasteiger partial charge on any atom is 0.350 e. The van der Waals surface area contributed by atoms with Gasteiger partial charge in [0, 0.05) is 31.7 Å². The van der Waals surface area contributed by atoms with Crippen LogP contribution in [0.4, 0.5) is 11.4 Å². The zero-order valence-electron chi connectivity index (χ0n) is 14.9. The van der Waals surface area contributed by atoms with Crippen molar-refractivity contribution >= 4 is 23.3 Å². The summed E-state index contributed by atoms with van der Waals surface area (Å²) in [4.78, 5) is 34.5. The Balaban J connectivity index is 2.45. The summed E-state index contributed by atoms with van der Waals surface area (Å²) in [6.45, 7) is 4.42. The van der Waals surface area contributed by atoms with Crippen LogP contribution in [0.3, 0.4) is 0 Å². The van der Waals surface area contributed by atoms with E-state index in [1.54, 1.807) is 6.92 Å². The monoisotopic (exact) mass is 366 g/mol. The summed E-state index contributed by atoms with van der Waals surface area (Å²) in [6, 6.07) is 1.17. The van der Waals surface area contributed by atoms with Crippen LogP contribution < -0.4 is 14.8 Å². The van der Waals surface area contributed by atoms with Crippen molar-refractivity contribution in [2.75, 3.05) is 19.5 Å². The van der Waals surface area contributed by atoms with E-state index >= 15 is 0 Å². The Bertz CT molecular complexity index is 791. The van der Waals surface area contributed by atoms with Crippen molar-refractivity contribution in [1.29, 1.82) is 0 Å². The minimum Gasteiger partial charge on any atom is -0.494 e. The summed E-state index contributed by atoms with van der Waals surface area (Å²) in [5.41, 5.74) is -0.153. The SMILES string of the molecule is COc1c(NC=C2C(=O)OC(C)(C)OC2=O)cc([N+](=O)[O-])c(OC)c1C. The number of ether oxygens (including phenoxy) is 4. The number of hydrogen-bond donors (Lipinski definition) is 1. The van der Waals surface area contributed by atoms with Gasteiger partial charge in [-0.05, 0) is 6.92 Å². The standard InChI is InChI=1S/C16H18N2O8/c1-8-12(23-4)10(6-11(18(21)22)13(8)24-5)17-7-9-14(19)25-16(2,3)26-15(9)20/h6-7,17H,1-5H3. The van der Waals surface area contributed by atoms with Crippen LogP contribution in [0.15, 0.2) is 17.8 Å². The molecule has 1 fully saturated rings. The molecule has 0 radical (unpaired) electrons. The highest BCUT2D eigenvalue weighted by Gasteiger charge is 2.39. The summed E-state index contributed by atoms with van der Waals surface area (Å²) in [5, 5.41) is 13.9. The van der Waals surface area contributed by atoms with Gasteiger partial charge in [0.25, 0.3) is 5.79 Å². The molecular weight excluding hydrogens is 348 g/mol. The Morgan fingerprint density at radius 2 is 1.69 bits per heavy atom. The second kappa shape index (κ2) is 6.90. The van der Waals surface area contributed by atoms with E-state index in [1.807, 2.05) is 0 Å². The van der Waals surface area contributed by atoms with Gasteiger partial charge >= 0.3 is 17.6 Å². The van der Waals surface area contributed by atoms with Crippen LogP contribution in [0.25, 0.3) is 0 Å². The lowest BCUT2D eigenvalue weighted by molar-refractivity contribution is -0.385. The van der Waals surface area contributed by atoms with Crippen molar-refractivity contribution < 1.29 is 33.5 Å². The zero-order valence-corrected chi connectivity index (χ0v) is 14.9. The predicted octanol–water partition coefficient (Wildman–Crippen LogP) is 2.05. The maximum absolute atomic E-state index is 11.9. The number of hydrogen-bond acceptors (Lipinski definition) is 9. The summed E-state index contributed by atoms with van der Waals surface area (Å²) in [7, 11) is 2.68. The van der Waals surface area contributed by atoms with E-state index in [9.17, 15) is 19.7 Å². The molecule has 140 valence electrons. The summed E-state index contributed by atoms with van der Waals surface area (Å²) in [6.07, 6.45) is 1.05. The quantitative estimate of drug-likeness (QED) is 0.274. The first-order valence-corrected chi connectivity index (χ1v) is 7.44.